The van der Waals surface area contributed by atoms with Crippen LogP contribution in [0.4, 0.5) is 0 Å². The second-order valence-corrected chi connectivity index (χ2v) is 7.00. The fourth-order valence-corrected chi connectivity index (χ4v) is 4.12. The van der Waals surface area contributed by atoms with Gasteiger partial charge in [-0.2, -0.15) is 0 Å². The van der Waals surface area contributed by atoms with Gasteiger partial charge in [-0.3, -0.25) is 14.8 Å². The third-order valence-electron chi connectivity index (χ3n) is 4.31. The molecule has 1 aliphatic heterocycles. The van der Waals surface area contributed by atoms with E-state index in [0.717, 1.165) is 21.3 Å². The first-order valence-corrected chi connectivity index (χ1v) is 8.68. The summed E-state index contributed by atoms with van der Waals surface area (Å²) in [5, 5.41) is 9.76. The van der Waals surface area contributed by atoms with Crippen molar-refractivity contribution in [2.75, 3.05) is 6.54 Å². The first kappa shape index (κ1) is 15.7. The predicted octanol–water partition coefficient (Wildman–Crippen LogP) is 2.61. The number of carbonyl (C=O) groups excluding carboxylic acids is 2. The van der Waals surface area contributed by atoms with Crippen LogP contribution in [0.2, 0.25) is 0 Å². The number of amides is 2. The van der Waals surface area contributed by atoms with E-state index in [1.807, 2.05) is 30.3 Å². The number of rotatable bonds is 2. The Hall–Kier alpha value is -2.77. The molecule has 0 fully saturated rings. The zero-order chi connectivity index (χ0) is 17.4. The topological polar surface area (TPSA) is 82.5 Å². The van der Waals surface area contributed by atoms with Crippen LogP contribution < -0.4 is 5.48 Å². The zero-order valence-electron chi connectivity index (χ0n) is 13.2. The van der Waals surface area contributed by atoms with Crippen molar-refractivity contribution in [3.8, 4) is 0 Å². The first-order chi connectivity index (χ1) is 12.2. The van der Waals surface area contributed by atoms with Gasteiger partial charge in [-0.15, -0.1) is 11.3 Å². The summed E-state index contributed by atoms with van der Waals surface area (Å²) in [6, 6.07) is 13.1. The number of hydroxylamine groups is 1. The van der Waals surface area contributed by atoms with Gasteiger partial charge in [0.05, 0.1) is 16.9 Å². The highest BCUT2D eigenvalue weighted by Crippen LogP contribution is 2.29. The molecular formula is C18H15N3O3S. The summed E-state index contributed by atoms with van der Waals surface area (Å²) < 4.78 is 0. The number of hydrogen-bond acceptors (Lipinski definition) is 5. The number of hydrogen-bond donors (Lipinski definition) is 2. The number of aromatic nitrogens is 1. The van der Waals surface area contributed by atoms with Crippen molar-refractivity contribution in [2.45, 2.75) is 13.0 Å². The number of fused-ring (bicyclic) bond motifs is 2. The van der Waals surface area contributed by atoms with Gasteiger partial charge in [0.15, 0.2) is 0 Å². The minimum atomic E-state index is -0.520. The molecule has 0 unspecified atom stereocenters. The maximum atomic E-state index is 12.8. The van der Waals surface area contributed by atoms with Crippen molar-refractivity contribution in [1.29, 1.82) is 0 Å². The van der Waals surface area contributed by atoms with Crippen LogP contribution in [-0.2, 0) is 13.0 Å². The van der Waals surface area contributed by atoms with Crippen LogP contribution in [0.1, 0.15) is 30.6 Å². The van der Waals surface area contributed by atoms with Gasteiger partial charge in [-0.1, -0.05) is 24.3 Å². The normalized spacial score (nSPS) is 13.6. The van der Waals surface area contributed by atoms with E-state index in [1.165, 1.54) is 11.3 Å². The van der Waals surface area contributed by atoms with Crippen LogP contribution in [0.3, 0.4) is 0 Å². The Kier molecular flexibility index (Phi) is 3.95. The summed E-state index contributed by atoms with van der Waals surface area (Å²) in [5.41, 5.74) is 3.92. The van der Waals surface area contributed by atoms with Gasteiger partial charge in [-0.05, 0) is 30.2 Å². The van der Waals surface area contributed by atoms with Crippen LogP contribution in [0.5, 0.6) is 0 Å². The number of nitrogens with one attached hydrogen (secondary N) is 1. The summed E-state index contributed by atoms with van der Waals surface area (Å²) in [5.74, 6) is -0.633. The van der Waals surface area contributed by atoms with Crippen LogP contribution in [0, 0.1) is 0 Å². The highest BCUT2D eigenvalue weighted by atomic mass is 32.1. The number of thiophene rings is 1. The lowest BCUT2D eigenvalue weighted by molar-refractivity contribution is 0.0709. The monoisotopic (exact) mass is 353 g/mol. The Morgan fingerprint density at radius 2 is 2.04 bits per heavy atom. The molecular weight excluding hydrogens is 338 g/mol. The molecule has 2 N–H and O–H groups in total. The molecule has 0 atom stereocenters. The molecule has 7 heteroatoms. The van der Waals surface area contributed by atoms with Gasteiger partial charge in [-0.25, -0.2) is 10.5 Å². The molecule has 6 nitrogen and oxygen atoms in total. The summed E-state index contributed by atoms with van der Waals surface area (Å²) in [6.45, 7) is 1.03. The Balaban J connectivity index is 1.58. The number of nitrogens with zero attached hydrogens (tertiary/aromatic N) is 2. The Morgan fingerprint density at radius 1 is 1.20 bits per heavy atom. The number of carbonyl (C=O) groups is 2. The molecule has 0 bridgehead atoms. The SMILES string of the molecule is O=C(NO)c1cc2c(s1)CN(C(=O)c1ccc3ccccc3n1)CC2. The molecule has 0 saturated carbocycles. The van der Waals surface area contributed by atoms with Crippen LogP contribution in [-0.4, -0.2) is 33.5 Å². The van der Waals surface area contributed by atoms with Gasteiger partial charge >= 0.3 is 0 Å². The molecule has 1 aromatic carbocycles. The maximum absolute atomic E-state index is 12.8. The van der Waals surface area contributed by atoms with Crippen molar-refractivity contribution in [1.82, 2.24) is 15.4 Å². The van der Waals surface area contributed by atoms with Gasteiger partial charge in [0, 0.05) is 16.8 Å². The molecule has 0 radical (unpaired) electrons. The number of para-hydroxylation sites is 1. The average Bonchev–Trinajstić information content (AvgIpc) is 3.09. The van der Waals surface area contributed by atoms with E-state index >= 15 is 0 Å². The molecule has 0 aliphatic carbocycles. The van der Waals surface area contributed by atoms with Crippen molar-refractivity contribution in [2.24, 2.45) is 0 Å². The predicted molar refractivity (Wildman–Crippen MR) is 93.8 cm³/mol. The quantitative estimate of drug-likeness (QED) is 0.548. The molecule has 0 saturated heterocycles. The van der Waals surface area contributed by atoms with E-state index in [0.29, 0.717) is 30.1 Å². The van der Waals surface area contributed by atoms with E-state index in [9.17, 15) is 9.59 Å². The summed E-state index contributed by atoms with van der Waals surface area (Å²) in [6.07, 6.45) is 0.684. The zero-order valence-corrected chi connectivity index (χ0v) is 14.0. The molecule has 25 heavy (non-hydrogen) atoms. The third-order valence-corrected chi connectivity index (χ3v) is 5.47. The van der Waals surface area contributed by atoms with Crippen molar-refractivity contribution in [3.63, 3.8) is 0 Å². The molecule has 2 aromatic heterocycles. The molecule has 3 aromatic rings. The number of benzene rings is 1. The molecule has 0 spiro atoms. The second-order valence-electron chi connectivity index (χ2n) is 5.87. The molecule has 3 heterocycles. The average molecular weight is 353 g/mol. The lowest BCUT2D eigenvalue weighted by atomic mass is 10.1. The minimum Gasteiger partial charge on any atom is -0.332 e. The van der Waals surface area contributed by atoms with E-state index in [-0.39, 0.29) is 5.91 Å². The van der Waals surface area contributed by atoms with Crippen molar-refractivity contribution < 1.29 is 14.8 Å². The summed E-state index contributed by atoms with van der Waals surface area (Å²) >= 11 is 1.30. The summed E-state index contributed by atoms with van der Waals surface area (Å²) in [7, 11) is 0. The van der Waals surface area contributed by atoms with Crippen molar-refractivity contribution >= 4 is 34.1 Å². The van der Waals surface area contributed by atoms with E-state index < -0.39 is 5.91 Å². The molecule has 2 amide bonds. The second kappa shape index (κ2) is 6.27. The lowest BCUT2D eigenvalue weighted by Gasteiger charge is -2.26. The Labute approximate surface area is 147 Å². The lowest BCUT2D eigenvalue weighted by Crippen LogP contribution is -2.35. The smallest absolute Gasteiger partial charge is 0.284 e. The minimum absolute atomic E-state index is 0.113. The third kappa shape index (κ3) is 2.88. The highest BCUT2D eigenvalue weighted by molar-refractivity contribution is 7.14. The Morgan fingerprint density at radius 3 is 2.88 bits per heavy atom. The fourth-order valence-electron chi connectivity index (χ4n) is 3.01. The first-order valence-electron chi connectivity index (χ1n) is 7.87. The fraction of sp³-hybridized carbons (Fsp3) is 0.167. The maximum Gasteiger partial charge on any atom is 0.284 e. The van der Waals surface area contributed by atoms with Gasteiger partial charge < -0.3 is 4.90 Å². The Bertz CT molecular complexity index is 983. The van der Waals surface area contributed by atoms with E-state index in [1.54, 1.807) is 22.5 Å². The summed E-state index contributed by atoms with van der Waals surface area (Å²) in [4.78, 5) is 32.0. The number of pyridine rings is 1. The van der Waals surface area contributed by atoms with Crippen LogP contribution in [0.15, 0.2) is 42.5 Å². The molecule has 1 aliphatic rings. The van der Waals surface area contributed by atoms with Gasteiger partial charge in [0.1, 0.15) is 5.69 Å². The van der Waals surface area contributed by atoms with E-state index in [2.05, 4.69) is 4.98 Å². The van der Waals surface area contributed by atoms with E-state index in [4.69, 9.17) is 5.21 Å². The van der Waals surface area contributed by atoms with Crippen molar-refractivity contribution in [3.05, 3.63) is 63.5 Å². The van der Waals surface area contributed by atoms with Gasteiger partial charge in [0.25, 0.3) is 11.8 Å². The standard InChI is InChI=1S/C18H15N3O3S/c22-17(20-24)15-9-12-7-8-21(10-16(12)25-15)18(23)14-6-5-11-3-1-2-4-13(11)19-14/h1-6,9,24H,7-8,10H2,(H,20,22). The molecule has 4 rings (SSSR count). The van der Waals surface area contributed by atoms with Crippen LogP contribution in [0.25, 0.3) is 10.9 Å². The highest BCUT2D eigenvalue weighted by Gasteiger charge is 2.25. The van der Waals surface area contributed by atoms with Crippen LogP contribution >= 0.6 is 11.3 Å². The molecule has 126 valence electrons. The largest absolute Gasteiger partial charge is 0.332 e. The van der Waals surface area contributed by atoms with Gasteiger partial charge in [0.2, 0.25) is 0 Å².